The molecule has 0 aromatic heterocycles. The molecule has 0 aliphatic rings. The minimum absolute atomic E-state index is 0.134. The zero-order valence-electron chi connectivity index (χ0n) is 7.88. The van der Waals surface area contributed by atoms with E-state index in [9.17, 15) is 8.42 Å². The maximum atomic E-state index is 10.9. The standard InChI is InChI=1S/C7H10N4O3S/c1-10-11-6-3-7(15(12,13)14)5(9)2-4(6)8/h2-3H,8-9H2,1H3,(H,12,13,14). The lowest BCUT2D eigenvalue weighted by Crippen LogP contribution is -2.04. The molecule has 1 rings (SSSR count). The van der Waals surface area contributed by atoms with E-state index in [0.29, 0.717) is 0 Å². The van der Waals surface area contributed by atoms with Gasteiger partial charge in [-0.2, -0.15) is 18.6 Å². The molecule has 5 N–H and O–H groups in total. The average Bonchev–Trinajstić information content (AvgIpc) is 2.07. The summed E-state index contributed by atoms with van der Waals surface area (Å²) in [4.78, 5) is -0.431. The van der Waals surface area contributed by atoms with Crippen LogP contribution in [0.5, 0.6) is 0 Å². The van der Waals surface area contributed by atoms with Gasteiger partial charge in [-0.25, -0.2) is 0 Å². The molecule has 0 aliphatic carbocycles. The van der Waals surface area contributed by atoms with Gasteiger partial charge in [0.2, 0.25) is 0 Å². The van der Waals surface area contributed by atoms with Crippen LogP contribution in [0.4, 0.5) is 17.1 Å². The molecular weight excluding hydrogens is 220 g/mol. The Morgan fingerprint density at radius 1 is 1.27 bits per heavy atom. The first kappa shape index (κ1) is 11.4. The van der Waals surface area contributed by atoms with E-state index in [-0.39, 0.29) is 17.1 Å². The summed E-state index contributed by atoms with van der Waals surface area (Å²) < 4.78 is 30.6. The molecule has 82 valence electrons. The Balaban J connectivity index is 3.50. The van der Waals surface area contributed by atoms with Gasteiger partial charge in [0.05, 0.1) is 11.4 Å². The number of anilines is 2. The molecule has 0 aliphatic heterocycles. The van der Waals surface area contributed by atoms with Gasteiger partial charge < -0.3 is 11.5 Å². The third-order valence-electron chi connectivity index (χ3n) is 1.64. The van der Waals surface area contributed by atoms with E-state index in [1.165, 1.54) is 13.1 Å². The van der Waals surface area contributed by atoms with Crippen LogP contribution in [0.1, 0.15) is 0 Å². The van der Waals surface area contributed by atoms with Crippen molar-refractivity contribution in [1.29, 1.82) is 0 Å². The van der Waals surface area contributed by atoms with Crippen LogP contribution in [0.2, 0.25) is 0 Å². The molecule has 7 nitrogen and oxygen atoms in total. The number of azo groups is 1. The minimum atomic E-state index is -4.37. The lowest BCUT2D eigenvalue weighted by molar-refractivity contribution is 0.483. The number of nitrogens with two attached hydrogens (primary N) is 2. The fraction of sp³-hybridized carbons (Fsp3) is 0.143. The van der Waals surface area contributed by atoms with Crippen molar-refractivity contribution in [2.45, 2.75) is 4.90 Å². The first-order valence-corrected chi connectivity index (χ1v) is 5.26. The number of rotatable bonds is 2. The van der Waals surface area contributed by atoms with Gasteiger partial charge in [-0.1, -0.05) is 0 Å². The van der Waals surface area contributed by atoms with Crippen LogP contribution in [-0.4, -0.2) is 20.0 Å². The number of nitrogens with zero attached hydrogens (tertiary/aromatic N) is 2. The highest BCUT2D eigenvalue weighted by Gasteiger charge is 2.16. The van der Waals surface area contributed by atoms with Crippen molar-refractivity contribution in [1.82, 2.24) is 0 Å². The number of nitrogen functional groups attached to an aromatic ring is 2. The maximum Gasteiger partial charge on any atom is 0.296 e. The summed E-state index contributed by atoms with van der Waals surface area (Å²) in [6, 6.07) is 2.26. The van der Waals surface area contributed by atoms with Crippen LogP contribution in [0, 0.1) is 0 Å². The van der Waals surface area contributed by atoms with E-state index in [0.717, 1.165) is 6.07 Å². The minimum Gasteiger partial charge on any atom is -0.398 e. The third-order valence-corrected chi connectivity index (χ3v) is 2.55. The highest BCUT2D eigenvalue weighted by Crippen LogP contribution is 2.30. The van der Waals surface area contributed by atoms with E-state index in [1.54, 1.807) is 0 Å². The number of benzene rings is 1. The second-order valence-electron chi connectivity index (χ2n) is 2.72. The lowest BCUT2D eigenvalue weighted by Gasteiger charge is -2.05. The van der Waals surface area contributed by atoms with Gasteiger partial charge in [0, 0.05) is 7.05 Å². The van der Waals surface area contributed by atoms with Crippen molar-refractivity contribution in [3.8, 4) is 0 Å². The Bertz CT molecular complexity index is 509. The summed E-state index contributed by atoms with van der Waals surface area (Å²) in [6.07, 6.45) is 0. The second kappa shape index (κ2) is 3.83. The summed E-state index contributed by atoms with van der Waals surface area (Å²) in [5, 5.41) is 7.04. The predicted octanol–water partition coefficient (Wildman–Crippen LogP) is 0.811. The Hall–Kier alpha value is -1.67. The van der Waals surface area contributed by atoms with Crippen molar-refractivity contribution in [3.63, 3.8) is 0 Å². The second-order valence-corrected chi connectivity index (χ2v) is 4.11. The molecule has 15 heavy (non-hydrogen) atoms. The molecule has 0 bridgehead atoms. The van der Waals surface area contributed by atoms with Crippen molar-refractivity contribution >= 4 is 27.2 Å². The highest BCUT2D eigenvalue weighted by molar-refractivity contribution is 7.86. The molecule has 0 amide bonds. The van der Waals surface area contributed by atoms with E-state index < -0.39 is 15.0 Å². The van der Waals surface area contributed by atoms with Crippen LogP contribution in [0.3, 0.4) is 0 Å². The largest absolute Gasteiger partial charge is 0.398 e. The third kappa shape index (κ3) is 2.42. The summed E-state index contributed by atoms with van der Waals surface area (Å²) in [6.45, 7) is 0. The summed E-state index contributed by atoms with van der Waals surface area (Å²) in [5.74, 6) is 0. The Labute approximate surface area is 86.6 Å². The normalized spacial score (nSPS) is 12.1. The molecule has 0 saturated carbocycles. The van der Waals surface area contributed by atoms with Crippen LogP contribution >= 0.6 is 0 Å². The fourth-order valence-electron chi connectivity index (χ4n) is 1.02. The van der Waals surface area contributed by atoms with Crippen molar-refractivity contribution in [3.05, 3.63) is 12.1 Å². The van der Waals surface area contributed by atoms with Crippen LogP contribution in [-0.2, 0) is 10.1 Å². The van der Waals surface area contributed by atoms with Gasteiger partial charge in [0.15, 0.2) is 0 Å². The van der Waals surface area contributed by atoms with Crippen molar-refractivity contribution in [2.75, 3.05) is 18.5 Å². The monoisotopic (exact) mass is 230 g/mol. The molecule has 0 fully saturated rings. The van der Waals surface area contributed by atoms with Crippen LogP contribution in [0.25, 0.3) is 0 Å². The van der Waals surface area contributed by atoms with Gasteiger partial charge in [0.1, 0.15) is 10.6 Å². The van der Waals surface area contributed by atoms with Crippen molar-refractivity contribution < 1.29 is 13.0 Å². The quantitative estimate of drug-likeness (QED) is 0.393. The van der Waals surface area contributed by atoms with Gasteiger partial charge in [-0.05, 0) is 12.1 Å². The summed E-state index contributed by atoms with van der Waals surface area (Å²) in [7, 11) is -2.97. The van der Waals surface area contributed by atoms with Gasteiger partial charge in [-0.15, -0.1) is 0 Å². The van der Waals surface area contributed by atoms with E-state index in [2.05, 4.69) is 10.2 Å². The first-order chi connectivity index (χ1) is 6.86. The smallest absolute Gasteiger partial charge is 0.296 e. The van der Waals surface area contributed by atoms with Crippen LogP contribution in [0.15, 0.2) is 27.3 Å². The molecule has 8 heteroatoms. The first-order valence-electron chi connectivity index (χ1n) is 3.82. The van der Waals surface area contributed by atoms with E-state index >= 15 is 0 Å². The van der Waals surface area contributed by atoms with Crippen LogP contribution < -0.4 is 11.5 Å². The topological polar surface area (TPSA) is 131 Å². The molecular formula is C7H10N4O3S. The zero-order valence-corrected chi connectivity index (χ0v) is 8.69. The van der Waals surface area contributed by atoms with E-state index in [1.807, 2.05) is 0 Å². The molecule has 0 radical (unpaired) electrons. The fourth-order valence-corrected chi connectivity index (χ4v) is 1.64. The van der Waals surface area contributed by atoms with Gasteiger partial charge >= 0.3 is 0 Å². The maximum absolute atomic E-state index is 10.9. The SMILES string of the molecule is CN=Nc1cc(S(=O)(=O)O)c(N)cc1N. The molecule has 0 saturated heterocycles. The Morgan fingerprint density at radius 3 is 2.33 bits per heavy atom. The summed E-state index contributed by atoms with van der Waals surface area (Å²) in [5.41, 5.74) is 11.1. The molecule has 0 spiro atoms. The van der Waals surface area contributed by atoms with E-state index in [4.69, 9.17) is 16.0 Å². The lowest BCUT2D eigenvalue weighted by atomic mass is 10.2. The average molecular weight is 230 g/mol. The Kier molecular flexibility index (Phi) is 2.91. The molecule has 0 unspecified atom stereocenters. The van der Waals surface area contributed by atoms with Gasteiger partial charge in [0.25, 0.3) is 10.1 Å². The zero-order chi connectivity index (χ0) is 11.6. The summed E-state index contributed by atoms with van der Waals surface area (Å²) >= 11 is 0. The number of hydrogen-bond donors (Lipinski definition) is 3. The molecule has 0 heterocycles. The molecule has 1 aromatic rings. The highest BCUT2D eigenvalue weighted by atomic mass is 32.2. The van der Waals surface area contributed by atoms with Crippen molar-refractivity contribution in [2.24, 2.45) is 10.2 Å². The Morgan fingerprint density at radius 2 is 1.87 bits per heavy atom. The number of hydrogen-bond acceptors (Lipinski definition) is 6. The van der Waals surface area contributed by atoms with Gasteiger partial charge in [-0.3, -0.25) is 4.55 Å². The predicted molar refractivity (Wildman–Crippen MR) is 55.5 cm³/mol. The molecule has 1 aromatic carbocycles. The molecule has 0 atom stereocenters.